The third-order valence-electron chi connectivity index (χ3n) is 5.70. The van der Waals surface area contributed by atoms with Crippen molar-refractivity contribution in [1.29, 1.82) is 0 Å². The Labute approximate surface area is 150 Å². The van der Waals surface area contributed by atoms with Gasteiger partial charge in [-0.25, -0.2) is 8.42 Å². The van der Waals surface area contributed by atoms with Crippen molar-refractivity contribution in [3.8, 4) is 0 Å². The van der Waals surface area contributed by atoms with E-state index in [-0.39, 0.29) is 11.4 Å². The molecule has 25 heavy (non-hydrogen) atoms. The number of sulfonamides is 1. The fourth-order valence-corrected chi connectivity index (χ4v) is 6.91. The predicted octanol–water partition coefficient (Wildman–Crippen LogP) is 0.824. The van der Waals surface area contributed by atoms with E-state index in [1.165, 1.54) is 0 Å². The van der Waals surface area contributed by atoms with Crippen molar-refractivity contribution in [3.63, 3.8) is 0 Å². The fraction of sp³-hybridized carbons (Fsp3) is 0.824. The van der Waals surface area contributed by atoms with Gasteiger partial charge in [0.25, 0.3) is 0 Å². The Morgan fingerprint density at radius 3 is 2.88 bits per heavy atom. The van der Waals surface area contributed by atoms with Crippen LogP contribution in [0.15, 0.2) is 12.4 Å². The Kier molecular flexibility index (Phi) is 4.22. The molecule has 0 saturated carbocycles. The van der Waals surface area contributed by atoms with Crippen molar-refractivity contribution in [2.45, 2.75) is 50.2 Å². The lowest BCUT2D eigenvalue weighted by atomic mass is 9.99. The van der Waals surface area contributed by atoms with Gasteiger partial charge in [0.2, 0.25) is 10.0 Å². The summed E-state index contributed by atoms with van der Waals surface area (Å²) >= 11 is 0. The number of morpholine rings is 1. The van der Waals surface area contributed by atoms with E-state index in [0.29, 0.717) is 32.0 Å². The number of aromatic nitrogens is 2. The van der Waals surface area contributed by atoms with E-state index in [4.69, 9.17) is 4.74 Å². The molecule has 3 atom stereocenters. The molecule has 8 heteroatoms. The second-order valence-electron chi connectivity index (χ2n) is 8.28. The Hall–Kier alpha value is -0.960. The third-order valence-corrected chi connectivity index (χ3v) is 8.07. The van der Waals surface area contributed by atoms with Gasteiger partial charge in [-0.3, -0.25) is 9.58 Å². The number of nitrogens with zero attached hydrogens (tertiary/aromatic N) is 4. The molecule has 1 aromatic rings. The first-order valence-electron chi connectivity index (χ1n) is 9.15. The molecular weight excluding hydrogens is 340 g/mol. The molecule has 3 aliphatic heterocycles. The Morgan fingerprint density at radius 2 is 2.20 bits per heavy atom. The summed E-state index contributed by atoms with van der Waals surface area (Å²) < 4.78 is 35.8. The van der Waals surface area contributed by atoms with Crippen LogP contribution in [0, 0.1) is 5.92 Å². The first kappa shape index (κ1) is 17.5. The summed E-state index contributed by atoms with van der Waals surface area (Å²) in [6.07, 6.45) is 5.45. The fourth-order valence-electron chi connectivity index (χ4n) is 4.58. The average Bonchev–Trinajstić information content (AvgIpc) is 3.09. The summed E-state index contributed by atoms with van der Waals surface area (Å²) in [5.41, 5.74) is 0.607. The maximum Gasteiger partial charge on any atom is 0.220 e. The molecule has 3 saturated heterocycles. The van der Waals surface area contributed by atoms with Gasteiger partial charge in [0.05, 0.1) is 12.3 Å². The molecule has 4 rings (SSSR count). The zero-order chi connectivity index (χ0) is 17.8. The number of likely N-dealkylation sites (tertiary alicyclic amines) is 1. The van der Waals surface area contributed by atoms with Crippen LogP contribution in [-0.2, 0) is 28.4 Å². The highest BCUT2D eigenvalue weighted by atomic mass is 32.2. The summed E-state index contributed by atoms with van der Waals surface area (Å²) in [5.74, 6) is 0.496. The van der Waals surface area contributed by atoms with Gasteiger partial charge in [-0.2, -0.15) is 9.40 Å². The van der Waals surface area contributed by atoms with E-state index in [9.17, 15) is 8.42 Å². The standard InChI is InChI=1S/C17H28N4O3S/c1-13(2)4-5-21-12-17-11-20(9-14-7-18-19(3)8-14)10-15(24-17)6-16(17)25(21,22)23/h7-8,13,15-16H,4-6,9-12H2,1-3H3/t15-,16+,17+/m1/s1. The summed E-state index contributed by atoms with van der Waals surface area (Å²) in [4.78, 5) is 2.34. The highest BCUT2D eigenvalue weighted by Crippen LogP contribution is 2.46. The molecule has 0 amide bonds. The highest BCUT2D eigenvalue weighted by Gasteiger charge is 2.64. The van der Waals surface area contributed by atoms with Gasteiger partial charge in [0.1, 0.15) is 10.9 Å². The molecule has 0 aromatic carbocycles. The van der Waals surface area contributed by atoms with Gasteiger partial charge < -0.3 is 4.74 Å². The highest BCUT2D eigenvalue weighted by molar-refractivity contribution is 7.90. The van der Waals surface area contributed by atoms with Crippen LogP contribution in [0.4, 0.5) is 0 Å². The molecule has 0 N–H and O–H groups in total. The Morgan fingerprint density at radius 1 is 1.40 bits per heavy atom. The van der Waals surface area contributed by atoms with Crippen LogP contribution in [0.25, 0.3) is 0 Å². The van der Waals surface area contributed by atoms with E-state index < -0.39 is 15.6 Å². The number of hydrogen-bond donors (Lipinski definition) is 0. The van der Waals surface area contributed by atoms with Gasteiger partial charge in [-0.05, 0) is 18.8 Å². The third kappa shape index (κ3) is 3.03. The van der Waals surface area contributed by atoms with E-state index in [1.54, 1.807) is 8.99 Å². The van der Waals surface area contributed by atoms with Crippen molar-refractivity contribution in [1.82, 2.24) is 19.0 Å². The first-order chi connectivity index (χ1) is 11.8. The van der Waals surface area contributed by atoms with Gasteiger partial charge in [-0.1, -0.05) is 13.8 Å². The summed E-state index contributed by atoms with van der Waals surface area (Å²) in [7, 11) is -1.34. The molecule has 7 nitrogen and oxygen atoms in total. The molecule has 3 aliphatic rings. The summed E-state index contributed by atoms with van der Waals surface area (Å²) in [6, 6.07) is 0. The van der Waals surface area contributed by atoms with Crippen molar-refractivity contribution in [3.05, 3.63) is 18.0 Å². The molecule has 0 radical (unpaired) electrons. The Balaban J connectivity index is 1.52. The smallest absolute Gasteiger partial charge is 0.220 e. The number of ether oxygens (including phenoxy) is 1. The van der Waals surface area contributed by atoms with E-state index >= 15 is 0 Å². The topological polar surface area (TPSA) is 67.7 Å². The maximum atomic E-state index is 13.0. The molecule has 1 spiro atoms. The van der Waals surface area contributed by atoms with Crippen LogP contribution in [-0.4, -0.2) is 70.5 Å². The second-order valence-corrected chi connectivity index (χ2v) is 10.4. The van der Waals surface area contributed by atoms with Crippen molar-refractivity contribution >= 4 is 10.0 Å². The van der Waals surface area contributed by atoms with Crippen LogP contribution in [0.2, 0.25) is 0 Å². The van der Waals surface area contributed by atoms with Gasteiger partial charge in [0, 0.05) is 51.5 Å². The molecular formula is C17H28N4O3S. The van der Waals surface area contributed by atoms with Crippen LogP contribution in [0.3, 0.4) is 0 Å². The lowest BCUT2D eigenvalue weighted by Gasteiger charge is -2.39. The van der Waals surface area contributed by atoms with E-state index in [0.717, 1.165) is 25.1 Å². The number of rotatable bonds is 5. The van der Waals surface area contributed by atoms with E-state index in [2.05, 4.69) is 23.8 Å². The largest absolute Gasteiger partial charge is 0.366 e. The molecule has 3 fully saturated rings. The summed E-state index contributed by atoms with van der Waals surface area (Å²) in [6.45, 7) is 7.65. The monoisotopic (exact) mass is 368 g/mol. The second kappa shape index (κ2) is 6.04. The van der Waals surface area contributed by atoms with Crippen LogP contribution < -0.4 is 0 Å². The van der Waals surface area contributed by atoms with Crippen LogP contribution >= 0.6 is 0 Å². The summed E-state index contributed by atoms with van der Waals surface area (Å²) in [5, 5.41) is 3.85. The zero-order valence-electron chi connectivity index (χ0n) is 15.3. The van der Waals surface area contributed by atoms with Gasteiger partial charge in [0.15, 0.2) is 0 Å². The number of hydrogen-bond acceptors (Lipinski definition) is 5. The SMILES string of the molecule is CC(C)CCN1C[C@@]23CN(Cc4cnn(C)c4)C[C@@H](C[C@@H]2S1(=O)=O)O3. The molecule has 4 heterocycles. The number of aryl methyl sites for hydroxylation is 1. The minimum atomic E-state index is -3.25. The lowest BCUT2D eigenvalue weighted by molar-refractivity contribution is -0.110. The minimum Gasteiger partial charge on any atom is -0.366 e. The normalized spacial score (nSPS) is 34.7. The predicted molar refractivity (Wildman–Crippen MR) is 94.4 cm³/mol. The van der Waals surface area contributed by atoms with Crippen molar-refractivity contribution < 1.29 is 13.2 Å². The molecule has 140 valence electrons. The van der Waals surface area contributed by atoms with E-state index in [1.807, 2.05) is 19.4 Å². The Bertz CT molecular complexity index is 747. The van der Waals surface area contributed by atoms with Crippen LogP contribution in [0.1, 0.15) is 32.3 Å². The molecule has 1 aromatic heterocycles. The molecule has 2 bridgehead atoms. The quantitative estimate of drug-likeness (QED) is 0.770. The lowest BCUT2D eigenvalue weighted by Crippen LogP contribution is -2.54. The van der Waals surface area contributed by atoms with Crippen molar-refractivity contribution in [2.75, 3.05) is 26.2 Å². The van der Waals surface area contributed by atoms with Crippen LogP contribution in [0.5, 0.6) is 0 Å². The molecule has 0 unspecified atom stereocenters. The molecule has 0 aliphatic carbocycles. The minimum absolute atomic E-state index is 0.0254. The first-order valence-corrected chi connectivity index (χ1v) is 10.7. The number of fused-ring (bicyclic) bond motifs is 1. The zero-order valence-corrected chi connectivity index (χ0v) is 16.1. The van der Waals surface area contributed by atoms with Gasteiger partial charge >= 0.3 is 0 Å². The van der Waals surface area contributed by atoms with Crippen molar-refractivity contribution in [2.24, 2.45) is 13.0 Å². The average molecular weight is 369 g/mol. The van der Waals surface area contributed by atoms with Gasteiger partial charge in [-0.15, -0.1) is 0 Å². The maximum absolute atomic E-state index is 13.0.